The second kappa shape index (κ2) is 3.23. The molecule has 1 aliphatic rings. The van der Waals surface area contributed by atoms with Gasteiger partial charge in [0, 0.05) is 29.5 Å². The van der Waals surface area contributed by atoms with E-state index in [0.717, 1.165) is 10.9 Å². The number of rotatable bonds is 1. The average Bonchev–Trinajstić information content (AvgIpc) is 2.56. The third kappa shape index (κ3) is 1.48. The Bertz CT molecular complexity index is 303. The van der Waals surface area contributed by atoms with Gasteiger partial charge in [-0.25, -0.2) is 0 Å². The maximum absolute atomic E-state index is 4.09. The number of halogens is 1. The van der Waals surface area contributed by atoms with Crippen LogP contribution in [-0.4, -0.2) is 11.2 Å². The summed E-state index contributed by atoms with van der Waals surface area (Å²) in [6.45, 7) is 0. The van der Waals surface area contributed by atoms with Crippen molar-refractivity contribution >= 4 is 22.1 Å². The van der Waals surface area contributed by atoms with Gasteiger partial charge in [-0.15, -0.1) is 0 Å². The van der Waals surface area contributed by atoms with Crippen molar-refractivity contribution in [1.29, 1.82) is 0 Å². The SMILES string of the molecule is Brc1cncc(C2CC=NN2)c1. The van der Waals surface area contributed by atoms with Gasteiger partial charge in [-0.2, -0.15) is 5.10 Å². The van der Waals surface area contributed by atoms with Crippen molar-refractivity contribution in [3.8, 4) is 0 Å². The zero-order valence-corrected chi connectivity index (χ0v) is 7.95. The first-order valence-corrected chi connectivity index (χ1v) is 4.53. The van der Waals surface area contributed by atoms with Crippen LogP contribution in [0.4, 0.5) is 0 Å². The molecular weight excluding hydrogens is 218 g/mol. The van der Waals surface area contributed by atoms with Gasteiger partial charge in [-0.1, -0.05) is 0 Å². The van der Waals surface area contributed by atoms with E-state index < -0.39 is 0 Å². The molecule has 0 amide bonds. The van der Waals surface area contributed by atoms with E-state index in [1.807, 2.05) is 12.4 Å². The Morgan fingerprint density at radius 3 is 3.08 bits per heavy atom. The Hall–Kier alpha value is -0.900. The molecule has 2 heterocycles. The fourth-order valence-corrected chi connectivity index (χ4v) is 1.57. The second-order valence-corrected chi connectivity index (χ2v) is 3.58. The molecule has 1 aromatic heterocycles. The molecule has 0 fully saturated rings. The second-order valence-electron chi connectivity index (χ2n) is 2.67. The first-order valence-electron chi connectivity index (χ1n) is 3.74. The molecule has 1 aliphatic heterocycles. The first-order chi connectivity index (χ1) is 5.86. The quantitative estimate of drug-likeness (QED) is 0.793. The van der Waals surface area contributed by atoms with Crippen molar-refractivity contribution in [1.82, 2.24) is 10.4 Å². The minimum atomic E-state index is 0.301. The molecule has 0 radical (unpaired) electrons. The van der Waals surface area contributed by atoms with E-state index in [1.54, 1.807) is 6.20 Å². The average molecular weight is 226 g/mol. The highest BCUT2D eigenvalue weighted by atomic mass is 79.9. The van der Waals surface area contributed by atoms with Crippen molar-refractivity contribution in [2.45, 2.75) is 12.5 Å². The number of hydrogen-bond acceptors (Lipinski definition) is 3. The minimum Gasteiger partial charge on any atom is -0.302 e. The third-order valence-corrected chi connectivity index (χ3v) is 2.22. The Labute approximate surface area is 79.0 Å². The monoisotopic (exact) mass is 225 g/mol. The summed E-state index contributed by atoms with van der Waals surface area (Å²) in [6, 6.07) is 2.36. The predicted octanol–water partition coefficient (Wildman–Crippen LogP) is 1.86. The number of nitrogens with one attached hydrogen (secondary N) is 1. The minimum absolute atomic E-state index is 0.301. The largest absolute Gasteiger partial charge is 0.302 e. The molecule has 1 aromatic rings. The summed E-state index contributed by atoms with van der Waals surface area (Å²) in [5.74, 6) is 0. The van der Waals surface area contributed by atoms with Gasteiger partial charge in [0.25, 0.3) is 0 Å². The van der Waals surface area contributed by atoms with Crippen molar-refractivity contribution in [2.24, 2.45) is 5.10 Å². The lowest BCUT2D eigenvalue weighted by Crippen LogP contribution is -2.09. The Morgan fingerprint density at radius 2 is 2.42 bits per heavy atom. The van der Waals surface area contributed by atoms with Crippen molar-refractivity contribution in [3.05, 3.63) is 28.5 Å². The highest BCUT2D eigenvalue weighted by Crippen LogP contribution is 2.20. The molecule has 1 N–H and O–H groups in total. The Kier molecular flexibility index (Phi) is 2.08. The van der Waals surface area contributed by atoms with E-state index in [-0.39, 0.29) is 0 Å². The molecule has 3 nitrogen and oxygen atoms in total. The molecule has 1 atom stereocenters. The highest BCUT2D eigenvalue weighted by Gasteiger charge is 2.12. The van der Waals surface area contributed by atoms with Crippen LogP contribution in [0.3, 0.4) is 0 Å². The van der Waals surface area contributed by atoms with Crippen LogP contribution in [0.5, 0.6) is 0 Å². The molecule has 0 bridgehead atoms. The molecule has 0 aromatic carbocycles. The molecule has 2 rings (SSSR count). The summed E-state index contributed by atoms with van der Waals surface area (Å²) in [5.41, 5.74) is 4.18. The van der Waals surface area contributed by atoms with Crippen LogP contribution in [0, 0.1) is 0 Å². The Morgan fingerprint density at radius 1 is 1.50 bits per heavy atom. The summed E-state index contributed by atoms with van der Waals surface area (Å²) in [5, 5.41) is 3.95. The number of hydrogen-bond donors (Lipinski definition) is 1. The van der Waals surface area contributed by atoms with Gasteiger partial charge in [-0.3, -0.25) is 4.98 Å². The fourth-order valence-electron chi connectivity index (χ4n) is 1.18. The van der Waals surface area contributed by atoms with Crippen LogP contribution >= 0.6 is 15.9 Å². The molecule has 1 unspecified atom stereocenters. The highest BCUT2D eigenvalue weighted by molar-refractivity contribution is 9.10. The zero-order chi connectivity index (χ0) is 8.39. The van der Waals surface area contributed by atoms with Crippen LogP contribution in [0.1, 0.15) is 18.0 Å². The van der Waals surface area contributed by atoms with Gasteiger partial charge >= 0.3 is 0 Å². The lowest BCUT2D eigenvalue weighted by Gasteiger charge is -2.08. The maximum Gasteiger partial charge on any atom is 0.0754 e. The topological polar surface area (TPSA) is 37.3 Å². The van der Waals surface area contributed by atoms with E-state index in [1.165, 1.54) is 5.56 Å². The van der Waals surface area contributed by atoms with E-state index in [2.05, 4.69) is 37.5 Å². The van der Waals surface area contributed by atoms with Crippen LogP contribution in [-0.2, 0) is 0 Å². The molecule has 62 valence electrons. The number of nitrogens with zero attached hydrogens (tertiary/aromatic N) is 2. The smallest absolute Gasteiger partial charge is 0.0754 e. The van der Waals surface area contributed by atoms with E-state index in [9.17, 15) is 0 Å². The third-order valence-electron chi connectivity index (χ3n) is 1.79. The summed E-state index contributed by atoms with van der Waals surface area (Å²) < 4.78 is 1.01. The molecule has 0 saturated heterocycles. The van der Waals surface area contributed by atoms with Gasteiger partial charge < -0.3 is 5.43 Å². The first kappa shape index (κ1) is 7.73. The van der Waals surface area contributed by atoms with E-state index in [4.69, 9.17) is 0 Å². The zero-order valence-electron chi connectivity index (χ0n) is 6.37. The molecule has 0 saturated carbocycles. The Balaban J connectivity index is 2.22. The number of pyridine rings is 1. The standard InChI is InChI=1S/C8H8BrN3/c9-7-3-6(4-10-5-7)8-1-2-11-12-8/h2-5,8,12H,1H2. The summed E-state index contributed by atoms with van der Waals surface area (Å²) in [7, 11) is 0. The van der Waals surface area contributed by atoms with Crippen molar-refractivity contribution < 1.29 is 0 Å². The van der Waals surface area contributed by atoms with Gasteiger partial charge in [0.05, 0.1) is 6.04 Å². The van der Waals surface area contributed by atoms with Gasteiger partial charge in [0.2, 0.25) is 0 Å². The van der Waals surface area contributed by atoms with Gasteiger partial charge in [0.1, 0.15) is 0 Å². The lowest BCUT2D eigenvalue weighted by molar-refractivity contribution is 0.617. The van der Waals surface area contributed by atoms with Crippen LogP contribution in [0.15, 0.2) is 28.0 Å². The van der Waals surface area contributed by atoms with Crippen LogP contribution < -0.4 is 5.43 Å². The molecule has 4 heteroatoms. The lowest BCUT2D eigenvalue weighted by atomic mass is 10.1. The maximum atomic E-state index is 4.09. The molecule has 12 heavy (non-hydrogen) atoms. The van der Waals surface area contributed by atoms with Crippen LogP contribution in [0.25, 0.3) is 0 Å². The fraction of sp³-hybridized carbons (Fsp3) is 0.250. The number of aromatic nitrogens is 1. The van der Waals surface area contributed by atoms with Gasteiger partial charge in [-0.05, 0) is 27.6 Å². The molecule has 0 aliphatic carbocycles. The van der Waals surface area contributed by atoms with Gasteiger partial charge in [0.15, 0.2) is 0 Å². The van der Waals surface area contributed by atoms with E-state index >= 15 is 0 Å². The van der Waals surface area contributed by atoms with Crippen molar-refractivity contribution in [3.63, 3.8) is 0 Å². The summed E-state index contributed by atoms with van der Waals surface area (Å²) in [4.78, 5) is 4.09. The normalized spacial score (nSPS) is 20.9. The molecule has 0 spiro atoms. The predicted molar refractivity (Wildman–Crippen MR) is 50.9 cm³/mol. The number of hydrazone groups is 1. The molecular formula is C8H8BrN3. The van der Waals surface area contributed by atoms with E-state index in [0.29, 0.717) is 6.04 Å². The van der Waals surface area contributed by atoms with Crippen molar-refractivity contribution in [2.75, 3.05) is 0 Å². The van der Waals surface area contributed by atoms with Crippen LogP contribution in [0.2, 0.25) is 0 Å². The summed E-state index contributed by atoms with van der Waals surface area (Å²) in [6.07, 6.45) is 6.46. The summed E-state index contributed by atoms with van der Waals surface area (Å²) >= 11 is 3.38.